The van der Waals surface area contributed by atoms with Crippen LogP contribution in [-0.2, 0) is 10.2 Å². The van der Waals surface area contributed by atoms with Gasteiger partial charge in [0, 0.05) is 12.2 Å². The molecule has 0 saturated carbocycles. The standard InChI is InChI=1S/C13H16N2O/c1-9-3-4-11-10(7-9)13(12(16)15-11)5-2-6-14-8-13/h3-4,7,14H,2,5-6,8H2,1H3,(H,15,16). The Bertz CT molecular complexity index is 447. The van der Waals surface area contributed by atoms with E-state index in [0.717, 1.165) is 31.6 Å². The van der Waals surface area contributed by atoms with Gasteiger partial charge >= 0.3 is 0 Å². The number of hydrogen-bond acceptors (Lipinski definition) is 2. The molecule has 1 unspecified atom stereocenters. The number of hydrogen-bond donors (Lipinski definition) is 2. The smallest absolute Gasteiger partial charge is 0.236 e. The molecule has 0 radical (unpaired) electrons. The van der Waals surface area contributed by atoms with Gasteiger partial charge in [0.05, 0.1) is 5.41 Å². The lowest BCUT2D eigenvalue weighted by molar-refractivity contribution is -0.121. The summed E-state index contributed by atoms with van der Waals surface area (Å²) in [6.07, 6.45) is 2.03. The number of benzene rings is 1. The van der Waals surface area contributed by atoms with E-state index in [2.05, 4.69) is 23.6 Å². The van der Waals surface area contributed by atoms with Crippen LogP contribution in [0.2, 0.25) is 0 Å². The van der Waals surface area contributed by atoms with E-state index in [1.165, 1.54) is 11.1 Å². The molecule has 0 aliphatic carbocycles. The summed E-state index contributed by atoms with van der Waals surface area (Å²) in [5.41, 5.74) is 3.10. The fraction of sp³-hybridized carbons (Fsp3) is 0.462. The molecule has 1 amide bonds. The van der Waals surface area contributed by atoms with Crippen LogP contribution in [0.4, 0.5) is 5.69 Å². The van der Waals surface area contributed by atoms with Gasteiger partial charge in [0.15, 0.2) is 0 Å². The minimum atomic E-state index is -0.306. The summed E-state index contributed by atoms with van der Waals surface area (Å²) in [5.74, 6) is 0.167. The lowest BCUT2D eigenvalue weighted by atomic mass is 9.75. The van der Waals surface area contributed by atoms with Crippen molar-refractivity contribution in [2.24, 2.45) is 0 Å². The predicted octanol–water partition coefficient (Wildman–Crippen LogP) is 1.57. The minimum absolute atomic E-state index is 0.167. The topological polar surface area (TPSA) is 41.1 Å². The highest BCUT2D eigenvalue weighted by molar-refractivity contribution is 6.06. The molecular weight excluding hydrogens is 200 g/mol. The molecule has 2 N–H and O–H groups in total. The first-order valence-electron chi connectivity index (χ1n) is 5.86. The molecule has 0 bridgehead atoms. The van der Waals surface area contributed by atoms with E-state index in [-0.39, 0.29) is 11.3 Å². The van der Waals surface area contributed by atoms with E-state index >= 15 is 0 Å². The summed E-state index contributed by atoms with van der Waals surface area (Å²) in [5, 5.41) is 6.35. The number of anilines is 1. The fourth-order valence-corrected chi connectivity index (χ4v) is 2.86. The molecule has 2 aliphatic rings. The highest BCUT2D eigenvalue weighted by atomic mass is 16.2. The summed E-state index contributed by atoms with van der Waals surface area (Å²) < 4.78 is 0. The van der Waals surface area contributed by atoms with E-state index in [0.29, 0.717) is 0 Å². The monoisotopic (exact) mass is 216 g/mol. The van der Waals surface area contributed by atoms with Crippen molar-refractivity contribution in [1.82, 2.24) is 5.32 Å². The normalized spacial score (nSPS) is 27.9. The second-order valence-corrected chi connectivity index (χ2v) is 4.87. The number of rotatable bonds is 0. The summed E-state index contributed by atoms with van der Waals surface area (Å²) in [7, 11) is 0. The Morgan fingerprint density at radius 1 is 1.38 bits per heavy atom. The third-order valence-electron chi connectivity index (χ3n) is 3.76. The molecule has 3 nitrogen and oxygen atoms in total. The highest BCUT2D eigenvalue weighted by Gasteiger charge is 2.47. The lowest BCUT2D eigenvalue weighted by Crippen LogP contribution is -2.47. The zero-order chi connectivity index (χ0) is 11.2. The van der Waals surface area contributed by atoms with Gasteiger partial charge in [-0.3, -0.25) is 4.79 Å². The van der Waals surface area contributed by atoms with E-state index < -0.39 is 0 Å². The molecule has 16 heavy (non-hydrogen) atoms. The lowest BCUT2D eigenvalue weighted by Gasteiger charge is -2.32. The van der Waals surface area contributed by atoms with Crippen molar-refractivity contribution in [3.05, 3.63) is 29.3 Å². The Kier molecular flexibility index (Phi) is 2.04. The maximum atomic E-state index is 12.2. The van der Waals surface area contributed by atoms with Crippen molar-refractivity contribution in [1.29, 1.82) is 0 Å². The van der Waals surface area contributed by atoms with Crippen molar-refractivity contribution in [3.63, 3.8) is 0 Å². The minimum Gasteiger partial charge on any atom is -0.325 e. The predicted molar refractivity (Wildman–Crippen MR) is 63.6 cm³/mol. The quantitative estimate of drug-likeness (QED) is 0.691. The van der Waals surface area contributed by atoms with Gasteiger partial charge in [0.25, 0.3) is 0 Å². The summed E-state index contributed by atoms with van der Waals surface area (Å²) in [6.45, 7) is 3.87. The number of aryl methyl sites for hydroxylation is 1. The van der Waals surface area contributed by atoms with Gasteiger partial charge < -0.3 is 10.6 Å². The molecular formula is C13H16N2O. The third kappa shape index (κ3) is 1.21. The van der Waals surface area contributed by atoms with Gasteiger partial charge in [-0.25, -0.2) is 0 Å². The van der Waals surface area contributed by atoms with Crippen LogP contribution in [-0.4, -0.2) is 19.0 Å². The summed E-state index contributed by atoms with van der Waals surface area (Å²) in [6, 6.07) is 6.22. The molecule has 3 rings (SSSR count). The molecule has 0 aromatic heterocycles. The molecule has 1 fully saturated rings. The molecule has 1 atom stereocenters. The fourth-order valence-electron chi connectivity index (χ4n) is 2.86. The first-order chi connectivity index (χ1) is 7.72. The van der Waals surface area contributed by atoms with Crippen molar-refractivity contribution < 1.29 is 4.79 Å². The van der Waals surface area contributed by atoms with Crippen LogP contribution >= 0.6 is 0 Å². The number of piperidine rings is 1. The average Bonchev–Trinajstić information content (AvgIpc) is 2.55. The molecule has 1 aromatic rings. The van der Waals surface area contributed by atoms with Crippen LogP contribution < -0.4 is 10.6 Å². The SMILES string of the molecule is Cc1ccc2c(c1)C1(CCCNC1)C(=O)N2. The van der Waals surface area contributed by atoms with Crippen LogP contribution in [0.5, 0.6) is 0 Å². The first-order valence-corrected chi connectivity index (χ1v) is 5.86. The molecule has 1 spiro atoms. The largest absolute Gasteiger partial charge is 0.325 e. The zero-order valence-corrected chi connectivity index (χ0v) is 9.47. The molecule has 1 aromatic carbocycles. The number of fused-ring (bicyclic) bond motifs is 2. The second-order valence-electron chi connectivity index (χ2n) is 4.87. The molecule has 2 aliphatic heterocycles. The van der Waals surface area contributed by atoms with Gasteiger partial charge in [0.1, 0.15) is 0 Å². The summed E-state index contributed by atoms with van der Waals surface area (Å²) >= 11 is 0. The van der Waals surface area contributed by atoms with Crippen LogP contribution in [0.15, 0.2) is 18.2 Å². The molecule has 2 heterocycles. The Morgan fingerprint density at radius 3 is 3.00 bits per heavy atom. The Morgan fingerprint density at radius 2 is 2.25 bits per heavy atom. The van der Waals surface area contributed by atoms with Crippen LogP contribution in [0.3, 0.4) is 0 Å². The average molecular weight is 216 g/mol. The summed E-state index contributed by atoms with van der Waals surface area (Å²) in [4.78, 5) is 12.2. The van der Waals surface area contributed by atoms with E-state index in [9.17, 15) is 4.79 Å². The first kappa shape index (κ1) is 9.85. The van der Waals surface area contributed by atoms with Gasteiger partial charge in [-0.1, -0.05) is 17.7 Å². The number of amides is 1. The van der Waals surface area contributed by atoms with Crippen molar-refractivity contribution in [2.45, 2.75) is 25.2 Å². The highest BCUT2D eigenvalue weighted by Crippen LogP contribution is 2.42. The number of carbonyl (C=O) groups is 1. The second kappa shape index (κ2) is 3.32. The van der Waals surface area contributed by atoms with Crippen molar-refractivity contribution in [3.8, 4) is 0 Å². The van der Waals surface area contributed by atoms with Crippen molar-refractivity contribution >= 4 is 11.6 Å². The molecule has 1 saturated heterocycles. The zero-order valence-electron chi connectivity index (χ0n) is 9.47. The van der Waals surface area contributed by atoms with Crippen LogP contribution in [0.25, 0.3) is 0 Å². The third-order valence-corrected chi connectivity index (χ3v) is 3.76. The molecule has 84 valence electrons. The van der Waals surface area contributed by atoms with Gasteiger partial charge in [0.2, 0.25) is 5.91 Å². The maximum absolute atomic E-state index is 12.2. The van der Waals surface area contributed by atoms with E-state index in [1.807, 2.05) is 12.1 Å². The van der Waals surface area contributed by atoms with E-state index in [4.69, 9.17) is 0 Å². The Balaban J connectivity index is 2.13. The maximum Gasteiger partial charge on any atom is 0.236 e. The number of carbonyl (C=O) groups excluding carboxylic acids is 1. The van der Waals surface area contributed by atoms with Crippen LogP contribution in [0, 0.1) is 6.92 Å². The van der Waals surface area contributed by atoms with E-state index in [1.54, 1.807) is 0 Å². The van der Waals surface area contributed by atoms with Crippen LogP contribution in [0.1, 0.15) is 24.0 Å². The van der Waals surface area contributed by atoms with Gasteiger partial charge in [-0.05, 0) is 37.9 Å². The van der Waals surface area contributed by atoms with Gasteiger partial charge in [-0.15, -0.1) is 0 Å². The molecule has 3 heteroatoms. The number of nitrogens with one attached hydrogen (secondary N) is 2. The van der Waals surface area contributed by atoms with Crippen molar-refractivity contribution in [2.75, 3.05) is 18.4 Å². The Labute approximate surface area is 95.2 Å². The Hall–Kier alpha value is -1.35. The van der Waals surface area contributed by atoms with Gasteiger partial charge in [-0.2, -0.15) is 0 Å².